The van der Waals surface area contributed by atoms with Crippen molar-refractivity contribution in [2.24, 2.45) is 23.3 Å². The fraction of sp³-hybridized carbons (Fsp3) is 0.500. The summed E-state index contributed by atoms with van der Waals surface area (Å²) in [5.41, 5.74) is 5.39. The lowest BCUT2D eigenvalue weighted by atomic mass is 9.54. The third-order valence-corrected chi connectivity index (χ3v) is 8.32. The molecule has 11 nitrogen and oxygen atoms in total. The van der Waals surface area contributed by atoms with Crippen LogP contribution in [-0.2, 0) is 20.8 Å². The van der Waals surface area contributed by atoms with Crippen molar-refractivity contribution in [3.05, 3.63) is 52.0 Å². The highest BCUT2D eigenvalue weighted by Crippen LogP contribution is 2.54. The number of hydrogen-bond donors (Lipinski definition) is 7. The second-order valence-electron chi connectivity index (χ2n) is 10.7. The fourth-order valence-corrected chi connectivity index (χ4v) is 6.24. The van der Waals surface area contributed by atoms with Crippen LogP contribution in [0, 0.1) is 11.8 Å². The predicted molar refractivity (Wildman–Crippen MR) is 154 cm³/mol. The van der Waals surface area contributed by atoms with Gasteiger partial charge in [-0.1, -0.05) is 44.7 Å². The number of nitrogens with two attached hydrogens (primary N) is 2. The van der Waals surface area contributed by atoms with Gasteiger partial charge in [0.1, 0.15) is 28.4 Å². The molecule has 1 aromatic rings. The van der Waals surface area contributed by atoms with Crippen LogP contribution in [0.25, 0.3) is 0 Å². The van der Waals surface area contributed by atoms with Crippen LogP contribution >= 0.6 is 24.8 Å². The van der Waals surface area contributed by atoms with Crippen LogP contribution in [0.5, 0.6) is 5.75 Å². The van der Waals surface area contributed by atoms with E-state index >= 15 is 0 Å². The standard InChI is InChI=1S/C28H35N3O8.2ClH/c1-2-3-4-5-6-10-31-13-18(33)27(30)17-12-15-11-14-8-7-9-16(32)19(14)22(34)20(15)24(36)28(17,39)25(37)21(23(27)35)26(29)38;;/h7-9,15,17,31-32,35-36,39H,2-6,10-13,30H2,1H3,(H2,29,38);2*1H. The van der Waals surface area contributed by atoms with Crippen LogP contribution in [0.4, 0.5) is 0 Å². The number of primary amides is 1. The molecule has 4 unspecified atom stereocenters. The predicted octanol–water partition coefficient (Wildman–Crippen LogP) is 1.86. The van der Waals surface area contributed by atoms with Crippen molar-refractivity contribution in [3.63, 3.8) is 0 Å². The molecule has 0 aromatic heterocycles. The summed E-state index contributed by atoms with van der Waals surface area (Å²) in [6.45, 7) is 2.22. The normalized spacial score (nSPS) is 26.8. The lowest BCUT2D eigenvalue weighted by molar-refractivity contribution is -0.153. The molecule has 0 aliphatic heterocycles. The minimum absolute atomic E-state index is 0. The number of carbonyl (C=O) groups excluding carboxylic acids is 4. The Morgan fingerprint density at radius 2 is 1.71 bits per heavy atom. The number of aliphatic hydroxyl groups excluding tert-OH is 2. The first-order valence-corrected chi connectivity index (χ1v) is 13.2. The highest BCUT2D eigenvalue weighted by molar-refractivity contribution is 6.26. The molecule has 1 aromatic carbocycles. The van der Waals surface area contributed by atoms with E-state index in [2.05, 4.69) is 12.2 Å². The zero-order valence-corrected chi connectivity index (χ0v) is 24.3. The fourth-order valence-electron chi connectivity index (χ4n) is 6.24. The maximum Gasteiger partial charge on any atom is 0.255 e. The van der Waals surface area contributed by atoms with E-state index in [1.807, 2.05) is 0 Å². The van der Waals surface area contributed by atoms with Gasteiger partial charge in [-0.05, 0) is 43.4 Å². The van der Waals surface area contributed by atoms with Crippen LogP contribution in [0.1, 0.15) is 61.4 Å². The minimum atomic E-state index is -2.98. The highest BCUT2D eigenvalue weighted by atomic mass is 35.5. The monoisotopic (exact) mass is 613 g/mol. The van der Waals surface area contributed by atoms with E-state index in [-0.39, 0.29) is 61.1 Å². The van der Waals surface area contributed by atoms with Crippen LogP contribution in [-0.4, -0.2) is 67.9 Å². The van der Waals surface area contributed by atoms with E-state index in [1.54, 1.807) is 12.1 Å². The van der Waals surface area contributed by atoms with Crippen LogP contribution in [0.2, 0.25) is 0 Å². The highest BCUT2D eigenvalue weighted by Gasteiger charge is 2.68. The molecule has 0 heterocycles. The Balaban J connectivity index is 0.00000294. The largest absolute Gasteiger partial charge is 0.509 e. The number of ketones is 3. The number of phenolic OH excluding ortho intramolecular Hbond substituents is 1. The van der Waals surface area contributed by atoms with E-state index in [9.17, 15) is 39.6 Å². The summed E-state index contributed by atoms with van der Waals surface area (Å²) in [6.07, 6.45) is 4.84. The molecule has 4 rings (SSSR count). The van der Waals surface area contributed by atoms with Gasteiger partial charge in [0, 0.05) is 11.5 Å². The van der Waals surface area contributed by atoms with Crippen molar-refractivity contribution in [2.75, 3.05) is 13.1 Å². The van der Waals surface area contributed by atoms with Crippen molar-refractivity contribution in [1.29, 1.82) is 0 Å². The van der Waals surface area contributed by atoms with Gasteiger partial charge in [-0.15, -0.1) is 24.8 Å². The first-order chi connectivity index (χ1) is 18.4. The van der Waals surface area contributed by atoms with E-state index in [1.165, 1.54) is 6.07 Å². The zero-order valence-electron chi connectivity index (χ0n) is 22.6. The molecule has 41 heavy (non-hydrogen) atoms. The Labute approximate surface area is 249 Å². The molecule has 226 valence electrons. The summed E-state index contributed by atoms with van der Waals surface area (Å²) in [7, 11) is 0. The summed E-state index contributed by atoms with van der Waals surface area (Å²) >= 11 is 0. The third-order valence-electron chi connectivity index (χ3n) is 8.32. The lowest BCUT2D eigenvalue weighted by Crippen LogP contribution is -2.72. The van der Waals surface area contributed by atoms with E-state index in [0.717, 1.165) is 32.1 Å². The molecular weight excluding hydrogens is 577 g/mol. The molecule has 0 saturated heterocycles. The minimum Gasteiger partial charge on any atom is -0.509 e. The number of aromatic hydroxyl groups is 1. The summed E-state index contributed by atoms with van der Waals surface area (Å²) in [5.74, 6) is -9.39. The smallest absolute Gasteiger partial charge is 0.255 e. The van der Waals surface area contributed by atoms with Gasteiger partial charge >= 0.3 is 0 Å². The number of allylic oxidation sites excluding steroid dienone is 1. The second kappa shape index (κ2) is 12.9. The number of fused-ring (bicyclic) bond motifs is 3. The average molecular weight is 615 g/mol. The number of phenols is 1. The molecule has 4 atom stereocenters. The topological polar surface area (TPSA) is 213 Å². The van der Waals surface area contributed by atoms with Crippen molar-refractivity contribution in [1.82, 2.24) is 5.32 Å². The number of amides is 1. The number of aliphatic hydroxyl groups is 3. The first kappa shape index (κ1) is 34.2. The number of rotatable bonds is 10. The molecule has 9 N–H and O–H groups in total. The number of halogens is 2. The number of carbonyl (C=O) groups is 4. The Kier molecular flexibility index (Phi) is 10.8. The van der Waals surface area contributed by atoms with Gasteiger partial charge in [-0.3, -0.25) is 19.2 Å². The van der Waals surface area contributed by atoms with Gasteiger partial charge in [-0.2, -0.15) is 0 Å². The SMILES string of the molecule is CCCCCCCNCC(=O)C1(N)C(O)=C(C(N)=O)C(=O)C2(O)C(O)=C3C(=O)c4c(O)cccc4CC3CC12.Cl.Cl. The number of benzene rings is 1. The van der Waals surface area contributed by atoms with Crippen LogP contribution in [0.15, 0.2) is 40.9 Å². The van der Waals surface area contributed by atoms with Gasteiger partial charge in [0.2, 0.25) is 5.78 Å². The van der Waals surface area contributed by atoms with Gasteiger partial charge in [-0.25, -0.2) is 0 Å². The maximum atomic E-state index is 13.6. The molecule has 0 radical (unpaired) electrons. The van der Waals surface area contributed by atoms with Crippen molar-refractivity contribution < 1.29 is 39.6 Å². The molecular formula is C28H37Cl2N3O8. The Hall–Kier alpha value is -2.96. The van der Waals surface area contributed by atoms with Crippen molar-refractivity contribution >= 4 is 48.1 Å². The Morgan fingerprint density at radius 3 is 2.34 bits per heavy atom. The van der Waals surface area contributed by atoms with E-state index in [4.69, 9.17) is 11.5 Å². The first-order valence-electron chi connectivity index (χ1n) is 13.2. The lowest BCUT2D eigenvalue weighted by Gasteiger charge is -2.52. The Morgan fingerprint density at radius 1 is 1.05 bits per heavy atom. The summed E-state index contributed by atoms with van der Waals surface area (Å²) in [5, 5.41) is 47.3. The quantitative estimate of drug-likeness (QED) is 0.150. The van der Waals surface area contributed by atoms with Crippen LogP contribution < -0.4 is 16.8 Å². The van der Waals surface area contributed by atoms with Gasteiger partial charge in [0.15, 0.2) is 17.2 Å². The molecule has 0 bridgehead atoms. The van der Waals surface area contributed by atoms with Crippen molar-refractivity contribution in [2.45, 2.75) is 63.0 Å². The van der Waals surface area contributed by atoms with E-state index < -0.39 is 63.3 Å². The number of nitrogens with one attached hydrogen (secondary N) is 1. The zero-order chi connectivity index (χ0) is 28.7. The molecule has 0 saturated carbocycles. The molecule has 1 amide bonds. The molecule has 13 heteroatoms. The molecule has 3 aliphatic carbocycles. The van der Waals surface area contributed by atoms with Crippen LogP contribution in [0.3, 0.4) is 0 Å². The second-order valence-corrected chi connectivity index (χ2v) is 10.7. The van der Waals surface area contributed by atoms with E-state index in [0.29, 0.717) is 12.1 Å². The summed E-state index contributed by atoms with van der Waals surface area (Å²) < 4.78 is 0. The number of hydrogen-bond acceptors (Lipinski definition) is 10. The Bertz CT molecular complexity index is 1310. The van der Waals surface area contributed by atoms with Gasteiger partial charge < -0.3 is 37.2 Å². The number of unbranched alkanes of at least 4 members (excludes halogenated alkanes) is 4. The summed E-state index contributed by atoms with van der Waals surface area (Å²) in [4.78, 5) is 52.6. The summed E-state index contributed by atoms with van der Waals surface area (Å²) in [6, 6.07) is 4.48. The molecule has 0 fully saturated rings. The maximum absolute atomic E-state index is 13.6. The molecule has 3 aliphatic rings. The molecule has 0 spiro atoms. The number of Topliss-reactive ketones (excluding diaryl/α,β-unsaturated/α-hetero) is 3. The third kappa shape index (κ3) is 5.37. The average Bonchev–Trinajstić information content (AvgIpc) is 2.88. The van der Waals surface area contributed by atoms with Gasteiger partial charge in [0.25, 0.3) is 5.91 Å². The van der Waals surface area contributed by atoms with Gasteiger partial charge in [0.05, 0.1) is 12.1 Å². The van der Waals surface area contributed by atoms with Crippen molar-refractivity contribution in [3.8, 4) is 5.75 Å².